The summed E-state index contributed by atoms with van der Waals surface area (Å²) in [7, 11) is -3.40. The van der Waals surface area contributed by atoms with E-state index in [2.05, 4.69) is 9.71 Å². The smallest absolute Gasteiger partial charge is 0.256 e. The predicted octanol–water partition coefficient (Wildman–Crippen LogP) is 0.422. The van der Waals surface area contributed by atoms with Crippen molar-refractivity contribution < 1.29 is 8.42 Å². The van der Waals surface area contributed by atoms with Crippen molar-refractivity contribution in [3.8, 4) is 0 Å². The molecule has 0 unspecified atom stereocenters. The molecule has 1 aliphatic carbocycles. The van der Waals surface area contributed by atoms with E-state index in [4.69, 9.17) is 5.73 Å². The molecule has 1 fully saturated rings. The highest BCUT2D eigenvalue weighted by atomic mass is 32.2. The third kappa shape index (κ3) is 2.14. The Morgan fingerprint density at radius 2 is 2.25 bits per heavy atom. The van der Waals surface area contributed by atoms with Crippen molar-refractivity contribution in [3.63, 3.8) is 0 Å². The molecule has 5 nitrogen and oxygen atoms in total. The molecule has 0 spiro atoms. The van der Waals surface area contributed by atoms with Gasteiger partial charge in [-0.2, -0.15) is 0 Å². The topological polar surface area (TPSA) is 88.0 Å². The second kappa shape index (κ2) is 4.20. The average Bonchev–Trinajstić information content (AvgIpc) is 2.70. The summed E-state index contributed by atoms with van der Waals surface area (Å²) in [5.74, 6) is 0. The fraction of sp³-hybridized carbons (Fsp3) is 0.600. The highest BCUT2D eigenvalue weighted by Crippen LogP contribution is 2.39. The number of hydrogen-bond acceptors (Lipinski definition) is 3. The predicted molar refractivity (Wildman–Crippen MR) is 61.3 cm³/mol. The van der Waals surface area contributed by atoms with Gasteiger partial charge in [0.2, 0.25) is 0 Å². The van der Waals surface area contributed by atoms with E-state index < -0.39 is 10.0 Å². The van der Waals surface area contributed by atoms with Gasteiger partial charge in [0.15, 0.2) is 0 Å². The molecule has 0 bridgehead atoms. The molecular weight excluding hydrogens is 226 g/mol. The summed E-state index contributed by atoms with van der Waals surface area (Å²) < 4.78 is 26.2. The Kier molecular flexibility index (Phi) is 3.05. The van der Waals surface area contributed by atoms with E-state index in [0.717, 1.165) is 19.3 Å². The first-order valence-corrected chi connectivity index (χ1v) is 6.89. The molecule has 6 heteroatoms. The molecule has 0 atom stereocenters. The summed E-state index contributed by atoms with van der Waals surface area (Å²) in [5.41, 5.74) is 5.66. The molecule has 2 rings (SSSR count). The monoisotopic (exact) mass is 243 g/mol. The zero-order valence-electron chi connectivity index (χ0n) is 9.07. The normalized spacial score (nSPS) is 19.3. The molecule has 0 radical (unpaired) electrons. The molecule has 0 saturated heterocycles. The number of rotatable bonds is 5. The average molecular weight is 243 g/mol. The van der Waals surface area contributed by atoms with Crippen molar-refractivity contribution in [1.82, 2.24) is 9.71 Å². The van der Waals surface area contributed by atoms with Crippen LogP contribution in [-0.2, 0) is 10.0 Å². The first-order chi connectivity index (χ1) is 7.58. The van der Waals surface area contributed by atoms with Crippen molar-refractivity contribution >= 4 is 10.0 Å². The van der Waals surface area contributed by atoms with Crippen molar-refractivity contribution in [2.75, 3.05) is 13.1 Å². The lowest BCUT2D eigenvalue weighted by atomic mass is 9.69. The number of aromatic amines is 1. The van der Waals surface area contributed by atoms with Crippen LogP contribution < -0.4 is 10.5 Å². The van der Waals surface area contributed by atoms with Crippen LogP contribution in [0, 0.1) is 5.41 Å². The Morgan fingerprint density at radius 1 is 1.50 bits per heavy atom. The van der Waals surface area contributed by atoms with Gasteiger partial charge < -0.3 is 10.7 Å². The van der Waals surface area contributed by atoms with Crippen LogP contribution in [-0.4, -0.2) is 26.5 Å². The van der Waals surface area contributed by atoms with Gasteiger partial charge in [-0.3, -0.25) is 0 Å². The maximum absolute atomic E-state index is 11.8. The maximum atomic E-state index is 11.8. The largest absolute Gasteiger partial charge is 0.351 e. The second-order valence-electron chi connectivity index (χ2n) is 4.42. The minimum atomic E-state index is -3.40. The molecular formula is C10H17N3O2S. The molecule has 4 N–H and O–H groups in total. The van der Waals surface area contributed by atoms with Crippen molar-refractivity contribution in [2.24, 2.45) is 11.1 Å². The Balaban J connectivity index is 2.00. The lowest BCUT2D eigenvalue weighted by molar-refractivity contribution is 0.150. The van der Waals surface area contributed by atoms with Crippen LogP contribution in [0.15, 0.2) is 23.4 Å². The van der Waals surface area contributed by atoms with Gasteiger partial charge in [-0.1, -0.05) is 6.42 Å². The van der Waals surface area contributed by atoms with Crippen LogP contribution in [0.3, 0.4) is 0 Å². The first-order valence-electron chi connectivity index (χ1n) is 5.41. The van der Waals surface area contributed by atoms with Gasteiger partial charge in [0.1, 0.15) is 5.03 Å². The Morgan fingerprint density at radius 3 is 2.69 bits per heavy atom. The summed E-state index contributed by atoms with van der Waals surface area (Å²) in [6.07, 6.45) is 4.76. The van der Waals surface area contributed by atoms with Gasteiger partial charge in [-0.15, -0.1) is 0 Å². The number of nitrogens with one attached hydrogen (secondary N) is 2. The molecule has 0 aliphatic heterocycles. The summed E-state index contributed by atoms with van der Waals surface area (Å²) in [5, 5.41) is 0.207. The van der Waals surface area contributed by atoms with Crippen LogP contribution in [0.1, 0.15) is 19.3 Å². The van der Waals surface area contributed by atoms with Gasteiger partial charge in [-0.25, -0.2) is 13.1 Å². The number of nitrogens with two attached hydrogens (primary N) is 1. The Bertz CT molecular complexity index is 429. The zero-order chi connectivity index (χ0) is 11.6. The second-order valence-corrected chi connectivity index (χ2v) is 6.15. The number of H-pyrrole nitrogens is 1. The number of sulfonamides is 1. The SMILES string of the molecule is NCC1(CNS(=O)(=O)c2ccc[nH]2)CCC1. The van der Waals surface area contributed by atoms with Gasteiger partial charge >= 0.3 is 0 Å². The molecule has 16 heavy (non-hydrogen) atoms. The Hall–Kier alpha value is -0.850. The number of hydrogen-bond donors (Lipinski definition) is 3. The van der Waals surface area contributed by atoms with E-state index in [-0.39, 0.29) is 10.4 Å². The van der Waals surface area contributed by atoms with Crippen LogP contribution in [0.25, 0.3) is 0 Å². The van der Waals surface area contributed by atoms with E-state index in [0.29, 0.717) is 13.1 Å². The molecule has 90 valence electrons. The summed E-state index contributed by atoms with van der Waals surface area (Å²) in [6, 6.07) is 3.20. The van der Waals surface area contributed by atoms with Crippen LogP contribution in [0.4, 0.5) is 0 Å². The van der Waals surface area contributed by atoms with E-state index in [1.54, 1.807) is 12.3 Å². The van der Waals surface area contributed by atoms with E-state index in [1.807, 2.05) is 0 Å². The third-order valence-corrected chi connectivity index (χ3v) is 4.70. The van der Waals surface area contributed by atoms with Crippen LogP contribution in [0.2, 0.25) is 0 Å². The van der Waals surface area contributed by atoms with Gasteiger partial charge in [0.05, 0.1) is 0 Å². The fourth-order valence-electron chi connectivity index (χ4n) is 1.94. The van der Waals surface area contributed by atoms with Crippen LogP contribution in [0.5, 0.6) is 0 Å². The lowest BCUT2D eigenvalue weighted by Gasteiger charge is -2.40. The molecule has 1 aromatic rings. The highest BCUT2D eigenvalue weighted by molar-refractivity contribution is 7.89. The minimum absolute atomic E-state index is 0.0142. The van der Waals surface area contributed by atoms with Crippen molar-refractivity contribution in [1.29, 1.82) is 0 Å². The quantitative estimate of drug-likeness (QED) is 0.700. The van der Waals surface area contributed by atoms with E-state index in [9.17, 15) is 8.42 Å². The molecule has 1 heterocycles. The maximum Gasteiger partial charge on any atom is 0.256 e. The van der Waals surface area contributed by atoms with Crippen LogP contribution >= 0.6 is 0 Å². The molecule has 0 amide bonds. The van der Waals surface area contributed by atoms with Crippen molar-refractivity contribution in [2.45, 2.75) is 24.3 Å². The zero-order valence-corrected chi connectivity index (χ0v) is 9.89. The molecule has 0 aromatic carbocycles. The Labute approximate surface area is 95.5 Å². The lowest BCUT2D eigenvalue weighted by Crippen LogP contribution is -2.46. The third-order valence-electron chi connectivity index (χ3n) is 3.34. The standard InChI is InChI=1S/C10H17N3O2S/c11-7-10(4-2-5-10)8-13-16(14,15)9-3-1-6-12-9/h1,3,6,12-13H,2,4-5,7-8,11H2. The summed E-state index contributed by atoms with van der Waals surface area (Å²) in [4.78, 5) is 2.69. The summed E-state index contributed by atoms with van der Waals surface area (Å²) >= 11 is 0. The fourth-order valence-corrected chi connectivity index (χ4v) is 3.07. The van der Waals surface area contributed by atoms with Gasteiger partial charge in [0, 0.05) is 12.7 Å². The van der Waals surface area contributed by atoms with Gasteiger partial charge in [0.25, 0.3) is 10.0 Å². The molecule has 1 aromatic heterocycles. The number of aromatic nitrogens is 1. The first kappa shape index (κ1) is 11.6. The molecule has 1 saturated carbocycles. The minimum Gasteiger partial charge on any atom is -0.351 e. The van der Waals surface area contributed by atoms with Gasteiger partial charge in [-0.05, 0) is 36.9 Å². The molecule has 1 aliphatic rings. The highest BCUT2D eigenvalue weighted by Gasteiger charge is 2.36. The van der Waals surface area contributed by atoms with Crippen molar-refractivity contribution in [3.05, 3.63) is 18.3 Å². The van der Waals surface area contributed by atoms with E-state index >= 15 is 0 Å². The van der Waals surface area contributed by atoms with E-state index in [1.165, 1.54) is 6.07 Å². The summed E-state index contributed by atoms with van der Waals surface area (Å²) in [6.45, 7) is 0.977.